The number of alkyl halides is 4. The molecule has 1 fully saturated rings. The van der Waals surface area contributed by atoms with E-state index in [9.17, 15) is 13.2 Å². The first-order chi connectivity index (χ1) is 6.45. The molecule has 0 aromatic rings. The van der Waals surface area contributed by atoms with E-state index < -0.39 is 18.0 Å². The van der Waals surface area contributed by atoms with E-state index in [0.29, 0.717) is 12.8 Å². The quantitative estimate of drug-likeness (QED) is 0.472. The van der Waals surface area contributed by atoms with Crippen molar-refractivity contribution in [3.8, 4) is 12.3 Å². The van der Waals surface area contributed by atoms with Gasteiger partial charge in [-0.2, -0.15) is 13.2 Å². The van der Waals surface area contributed by atoms with Gasteiger partial charge in [-0.25, -0.2) is 0 Å². The normalized spacial score (nSPS) is 33.8. The predicted molar refractivity (Wildman–Crippen MR) is 50.0 cm³/mol. The van der Waals surface area contributed by atoms with Gasteiger partial charge in [0.1, 0.15) is 0 Å². The number of rotatable bonds is 1. The van der Waals surface area contributed by atoms with Gasteiger partial charge in [0.05, 0.1) is 5.92 Å². The molecule has 0 radical (unpaired) electrons. The Morgan fingerprint density at radius 1 is 1.36 bits per heavy atom. The van der Waals surface area contributed by atoms with Gasteiger partial charge in [-0.3, -0.25) is 0 Å². The maximum atomic E-state index is 12.5. The molecule has 0 saturated heterocycles. The maximum absolute atomic E-state index is 12.5. The number of terminal acetylenes is 1. The van der Waals surface area contributed by atoms with Crippen LogP contribution in [0.4, 0.5) is 13.2 Å². The van der Waals surface area contributed by atoms with Crippen molar-refractivity contribution < 1.29 is 13.2 Å². The van der Waals surface area contributed by atoms with E-state index in [1.165, 1.54) is 0 Å². The summed E-state index contributed by atoms with van der Waals surface area (Å²) < 4.78 is 37.6. The fourth-order valence-electron chi connectivity index (χ4n) is 2.01. The van der Waals surface area contributed by atoms with Crippen LogP contribution >= 0.6 is 11.6 Å². The Kier molecular flexibility index (Phi) is 3.71. The minimum Gasteiger partial charge on any atom is -0.171 e. The van der Waals surface area contributed by atoms with E-state index in [2.05, 4.69) is 5.92 Å². The fourth-order valence-corrected chi connectivity index (χ4v) is 2.37. The third kappa shape index (κ3) is 2.81. The lowest BCUT2D eigenvalue weighted by Gasteiger charge is -2.34. The molecule has 0 amide bonds. The molecule has 0 aliphatic heterocycles. The highest BCUT2D eigenvalue weighted by atomic mass is 35.5. The predicted octanol–water partition coefficient (Wildman–Crippen LogP) is 3.60. The third-order valence-electron chi connectivity index (χ3n) is 2.72. The maximum Gasteiger partial charge on any atom is 0.392 e. The van der Waals surface area contributed by atoms with Gasteiger partial charge in [-0.1, -0.05) is 0 Å². The Morgan fingerprint density at radius 3 is 2.50 bits per heavy atom. The Hall–Kier alpha value is -0.360. The molecule has 0 aromatic heterocycles. The van der Waals surface area contributed by atoms with Crippen LogP contribution in [-0.4, -0.2) is 11.6 Å². The summed E-state index contributed by atoms with van der Waals surface area (Å²) >= 11 is 5.83. The van der Waals surface area contributed by atoms with E-state index >= 15 is 0 Å². The highest BCUT2D eigenvalue weighted by Crippen LogP contribution is 2.43. The SMILES string of the molecule is C#CCC1CC(Cl)CCC1C(F)(F)F. The summed E-state index contributed by atoms with van der Waals surface area (Å²) in [6.07, 6.45) is 2.03. The zero-order valence-electron chi connectivity index (χ0n) is 7.65. The summed E-state index contributed by atoms with van der Waals surface area (Å²) in [5, 5.41) is -0.146. The van der Waals surface area contributed by atoms with Gasteiger partial charge in [0.2, 0.25) is 0 Å². The number of halogens is 4. The molecule has 1 saturated carbocycles. The molecule has 0 N–H and O–H groups in total. The van der Waals surface area contributed by atoms with Crippen molar-refractivity contribution in [3.63, 3.8) is 0 Å². The average Bonchev–Trinajstić information content (AvgIpc) is 2.02. The molecule has 0 bridgehead atoms. The van der Waals surface area contributed by atoms with Crippen molar-refractivity contribution >= 4 is 11.6 Å². The van der Waals surface area contributed by atoms with E-state index in [-0.39, 0.29) is 18.2 Å². The third-order valence-corrected chi connectivity index (χ3v) is 3.12. The molecule has 3 unspecified atom stereocenters. The van der Waals surface area contributed by atoms with Crippen molar-refractivity contribution in [2.24, 2.45) is 11.8 Å². The van der Waals surface area contributed by atoms with Crippen LogP contribution in [0.5, 0.6) is 0 Å². The summed E-state index contributed by atoms with van der Waals surface area (Å²) in [4.78, 5) is 0. The summed E-state index contributed by atoms with van der Waals surface area (Å²) in [6, 6.07) is 0. The molecule has 4 heteroatoms. The largest absolute Gasteiger partial charge is 0.392 e. The van der Waals surface area contributed by atoms with E-state index in [1.54, 1.807) is 0 Å². The van der Waals surface area contributed by atoms with Crippen molar-refractivity contribution in [3.05, 3.63) is 0 Å². The molecule has 80 valence electrons. The topological polar surface area (TPSA) is 0 Å². The van der Waals surface area contributed by atoms with Crippen LogP contribution in [-0.2, 0) is 0 Å². The van der Waals surface area contributed by atoms with Crippen molar-refractivity contribution in [1.82, 2.24) is 0 Å². The van der Waals surface area contributed by atoms with Crippen molar-refractivity contribution in [2.75, 3.05) is 0 Å². The van der Waals surface area contributed by atoms with Crippen LogP contribution in [0.15, 0.2) is 0 Å². The van der Waals surface area contributed by atoms with Crippen molar-refractivity contribution in [2.45, 2.75) is 37.2 Å². The monoisotopic (exact) mass is 224 g/mol. The Labute approximate surface area is 86.8 Å². The zero-order valence-corrected chi connectivity index (χ0v) is 8.41. The van der Waals surface area contributed by atoms with Crippen LogP contribution in [0.25, 0.3) is 0 Å². The molecular weight excluding hydrogens is 213 g/mol. The first-order valence-corrected chi connectivity index (χ1v) is 5.03. The molecule has 0 spiro atoms. The number of hydrogen-bond donors (Lipinski definition) is 0. The van der Waals surface area contributed by atoms with E-state index in [0.717, 1.165) is 0 Å². The molecule has 1 aliphatic rings. The minimum absolute atomic E-state index is 0.115. The standard InChI is InChI=1S/C10H12ClF3/c1-2-3-7-6-8(11)4-5-9(7)10(12,13)14/h1,7-9H,3-6H2. The Morgan fingerprint density at radius 2 is 2.00 bits per heavy atom. The first-order valence-electron chi connectivity index (χ1n) is 4.59. The second-order valence-electron chi connectivity index (χ2n) is 3.73. The van der Waals surface area contributed by atoms with Gasteiger partial charge in [0.25, 0.3) is 0 Å². The molecule has 0 heterocycles. The Balaban J connectivity index is 2.68. The van der Waals surface area contributed by atoms with Crippen LogP contribution in [0.3, 0.4) is 0 Å². The van der Waals surface area contributed by atoms with E-state index in [1.807, 2.05) is 0 Å². The molecule has 14 heavy (non-hydrogen) atoms. The summed E-state index contributed by atoms with van der Waals surface area (Å²) in [5.41, 5.74) is 0. The Bertz CT molecular complexity index is 229. The van der Waals surface area contributed by atoms with Gasteiger partial charge >= 0.3 is 6.18 Å². The van der Waals surface area contributed by atoms with Gasteiger partial charge in [-0.15, -0.1) is 23.9 Å². The second-order valence-corrected chi connectivity index (χ2v) is 4.34. The lowest BCUT2D eigenvalue weighted by atomic mass is 9.77. The van der Waals surface area contributed by atoms with Crippen LogP contribution in [0.1, 0.15) is 25.7 Å². The molecule has 0 aromatic carbocycles. The minimum atomic E-state index is -4.13. The highest BCUT2D eigenvalue weighted by Gasteiger charge is 2.46. The summed E-state index contributed by atoms with van der Waals surface area (Å²) in [5.74, 6) is 0.556. The van der Waals surface area contributed by atoms with Gasteiger partial charge in [-0.05, 0) is 25.2 Å². The summed E-state index contributed by atoms with van der Waals surface area (Å²) in [7, 11) is 0. The smallest absolute Gasteiger partial charge is 0.171 e. The fraction of sp³-hybridized carbons (Fsp3) is 0.800. The van der Waals surface area contributed by atoms with Crippen molar-refractivity contribution in [1.29, 1.82) is 0 Å². The van der Waals surface area contributed by atoms with Gasteiger partial charge in [0, 0.05) is 11.8 Å². The highest BCUT2D eigenvalue weighted by molar-refractivity contribution is 6.20. The van der Waals surface area contributed by atoms with Gasteiger partial charge in [0.15, 0.2) is 0 Å². The van der Waals surface area contributed by atoms with Crippen LogP contribution in [0, 0.1) is 24.2 Å². The molecule has 0 nitrogen and oxygen atoms in total. The molecule has 3 atom stereocenters. The van der Waals surface area contributed by atoms with E-state index in [4.69, 9.17) is 18.0 Å². The number of hydrogen-bond acceptors (Lipinski definition) is 0. The van der Waals surface area contributed by atoms with Crippen LogP contribution < -0.4 is 0 Å². The average molecular weight is 225 g/mol. The van der Waals surface area contributed by atoms with Crippen LogP contribution in [0.2, 0.25) is 0 Å². The zero-order chi connectivity index (χ0) is 10.8. The lowest BCUT2D eigenvalue weighted by Crippen LogP contribution is -2.35. The molecular formula is C10H12ClF3. The van der Waals surface area contributed by atoms with Gasteiger partial charge < -0.3 is 0 Å². The molecule has 1 rings (SSSR count). The lowest BCUT2D eigenvalue weighted by molar-refractivity contribution is -0.195. The molecule has 1 aliphatic carbocycles. The summed E-state index contributed by atoms with van der Waals surface area (Å²) in [6.45, 7) is 0. The second kappa shape index (κ2) is 4.44. The first kappa shape index (κ1) is 11.7.